The number of halogens is 1. The van der Waals surface area contributed by atoms with Gasteiger partial charge in [0.15, 0.2) is 0 Å². The number of ether oxygens (including phenoxy) is 1. The molecule has 11 nitrogen and oxygen atoms in total. The van der Waals surface area contributed by atoms with Crippen LogP contribution in [0.1, 0.15) is 12.8 Å². The molecule has 2 bridgehead atoms. The lowest BCUT2D eigenvalue weighted by atomic mass is 10.0. The lowest BCUT2D eigenvalue weighted by Crippen LogP contribution is -2.41. The molecule has 1 aliphatic carbocycles. The normalized spacial score (nSPS) is 21.1. The summed E-state index contributed by atoms with van der Waals surface area (Å²) in [5, 5.41) is 25.3. The second kappa shape index (κ2) is 7.59. The third-order valence-corrected chi connectivity index (χ3v) is 7.78. The van der Waals surface area contributed by atoms with Gasteiger partial charge in [-0.25, -0.2) is 9.37 Å². The highest BCUT2D eigenvalue weighted by Crippen LogP contribution is 2.44. The lowest BCUT2D eigenvalue weighted by Gasteiger charge is -2.31. The smallest absolute Gasteiger partial charge is 0.326 e. The van der Waals surface area contributed by atoms with Crippen LogP contribution in [0, 0.1) is 11.7 Å². The van der Waals surface area contributed by atoms with E-state index >= 15 is 0 Å². The summed E-state index contributed by atoms with van der Waals surface area (Å²) >= 11 is 0. The number of benzene rings is 1. The Kier molecular flexibility index (Phi) is 4.50. The minimum absolute atomic E-state index is 0.0772. The molecule has 2 fully saturated rings. The molecule has 2 aliphatic rings. The number of H-pyrrole nitrogens is 1. The third kappa shape index (κ3) is 3.11. The summed E-state index contributed by atoms with van der Waals surface area (Å²) in [4.78, 5) is 19.2. The summed E-state index contributed by atoms with van der Waals surface area (Å²) in [6.07, 6.45) is 3.28. The summed E-state index contributed by atoms with van der Waals surface area (Å²) in [6.45, 7) is 0.753. The first-order chi connectivity index (χ1) is 17.8. The van der Waals surface area contributed by atoms with Crippen molar-refractivity contribution >= 4 is 44.3 Å². The van der Waals surface area contributed by atoms with Crippen LogP contribution in [-0.2, 0) is 7.05 Å². The van der Waals surface area contributed by atoms with E-state index in [1.165, 1.54) is 29.9 Å². The standard InChI is InChI=1S/C25H25FN8O3/c1-28-17-5-11(26)4-14-18-21(30-19(14)17)31-25(32-22(18)34-9-10-3-12(34)6-16(10)27)37-13-7-15-20(29-8-13)24(36)33(2)23(15)35/h4-5,7-8,10,12,16,28,35-36H,3,6,9,27H2,1-2H3,(H,30,31,32)/t10-,12-,16-/m1/s1. The Balaban J connectivity index is 1.40. The van der Waals surface area contributed by atoms with Crippen molar-refractivity contribution in [3.05, 3.63) is 30.2 Å². The van der Waals surface area contributed by atoms with Crippen LogP contribution < -0.4 is 20.7 Å². The number of aromatic amines is 1. The molecule has 0 amide bonds. The highest BCUT2D eigenvalue weighted by atomic mass is 19.1. The molecule has 1 saturated heterocycles. The Morgan fingerprint density at radius 2 is 2.00 bits per heavy atom. The maximum Gasteiger partial charge on any atom is 0.326 e. The average molecular weight is 505 g/mol. The molecule has 1 saturated carbocycles. The summed E-state index contributed by atoms with van der Waals surface area (Å²) in [5.41, 5.74) is 8.41. The number of hydrogen-bond acceptors (Lipinski definition) is 9. The molecular weight excluding hydrogens is 479 g/mol. The molecule has 5 aromatic rings. The predicted molar refractivity (Wildman–Crippen MR) is 137 cm³/mol. The highest BCUT2D eigenvalue weighted by molar-refractivity contribution is 6.14. The number of aromatic nitrogens is 5. The SMILES string of the molecule is CNc1cc(F)cc2c1[nH]c1nc(Oc3cnc4c(O)n(C)c(O)c4c3)nc(N3C[C@H]4C[C@@H]3C[C@H]4N)c12. The Morgan fingerprint density at radius 1 is 1.16 bits per heavy atom. The first kappa shape index (κ1) is 21.9. The number of nitrogens with zero attached hydrogens (tertiary/aromatic N) is 5. The molecule has 3 atom stereocenters. The van der Waals surface area contributed by atoms with Crippen molar-refractivity contribution < 1.29 is 19.3 Å². The zero-order chi connectivity index (χ0) is 25.6. The van der Waals surface area contributed by atoms with Gasteiger partial charge in [-0.05, 0) is 37.0 Å². The van der Waals surface area contributed by atoms with Gasteiger partial charge in [-0.3, -0.25) is 4.57 Å². The van der Waals surface area contributed by atoms with Crippen LogP contribution in [0.25, 0.3) is 32.8 Å². The lowest BCUT2D eigenvalue weighted by molar-refractivity contribution is 0.390. The Hall–Kier alpha value is -4.32. The van der Waals surface area contributed by atoms with E-state index in [-0.39, 0.29) is 41.2 Å². The van der Waals surface area contributed by atoms with E-state index < -0.39 is 0 Å². The maximum atomic E-state index is 14.6. The van der Waals surface area contributed by atoms with Crippen molar-refractivity contribution in [2.75, 3.05) is 23.8 Å². The second-order valence-corrected chi connectivity index (χ2v) is 9.88. The Labute approximate surface area is 209 Å². The summed E-state index contributed by atoms with van der Waals surface area (Å²) in [7, 11) is 3.27. The van der Waals surface area contributed by atoms with Crippen molar-refractivity contribution in [1.29, 1.82) is 0 Å². The molecule has 6 N–H and O–H groups in total. The van der Waals surface area contributed by atoms with Gasteiger partial charge in [0, 0.05) is 38.1 Å². The largest absolute Gasteiger partial charge is 0.494 e. The topological polar surface area (TPSA) is 150 Å². The van der Waals surface area contributed by atoms with E-state index in [1.807, 2.05) is 0 Å². The van der Waals surface area contributed by atoms with Gasteiger partial charge >= 0.3 is 6.01 Å². The molecular formula is C25H25FN8O3. The number of piperidine rings is 1. The monoisotopic (exact) mass is 504 g/mol. The van der Waals surface area contributed by atoms with Gasteiger partial charge in [0.1, 0.15) is 28.5 Å². The molecule has 12 heteroatoms. The molecule has 1 aliphatic heterocycles. The molecule has 5 heterocycles. The summed E-state index contributed by atoms with van der Waals surface area (Å²) in [5.74, 6) is 0.680. The molecule has 0 unspecified atom stereocenters. The molecule has 0 spiro atoms. The number of rotatable bonds is 4. The minimum atomic E-state index is -0.362. The number of nitrogens with two attached hydrogens (primary N) is 1. The van der Waals surface area contributed by atoms with E-state index in [4.69, 9.17) is 15.5 Å². The molecule has 1 aromatic carbocycles. The highest BCUT2D eigenvalue weighted by Gasteiger charge is 2.44. The van der Waals surface area contributed by atoms with Crippen molar-refractivity contribution in [1.82, 2.24) is 24.5 Å². The van der Waals surface area contributed by atoms with Crippen LogP contribution in [0.15, 0.2) is 24.4 Å². The van der Waals surface area contributed by atoms with Gasteiger partial charge in [-0.1, -0.05) is 0 Å². The van der Waals surface area contributed by atoms with Crippen LogP contribution in [0.2, 0.25) is 0 Å². The molecule has 190 valence electrons. The average Bonchev–Trinajstić information content (AvgIpc) is 3.62. The zero-order valence-corrected chi connectivity index (χ0v) is 20.2. The van der Waals surface area contributed by atoms with Crippen molar-refractivity contribution in [3.63, 3.8) is 0 Å². The van der Waals surface area contributed by atoms with Crippen molar-refractivity contribution in [3.8, 4) is 23.5 Å². The first-order valence-corrected chi connectivity index (χ1v) is 12.1. The Morgan fingerprint density at radius 3 is 2.73 bits per heavy atom. The van der Waals surface area contributed by atoms with Gasteiger partial charge < -0.3 is 35.9 Å². The fraction of sp³-hybridized carbons (Fsp3) is 0.320. The van der Waals surface area contributed by atoms with Gasteiger partial charge in [-0.2, -0.15) is 9.97 Å². The molecule has 0 radical (unpaired) electrons. The number of hydrogen-bond donors (Lipinski definition) is 5. The van der Waals surface area contributed by atoms with Gasteiger partial charge in [0.2, 0.25) is 11.8 Å². The first-order valence-electron chi connectivity index (χ1n) is 12.1. The fourth-order valence-electron chi connectivity index (χ4n) is 5.92. The number of pyridine rings is 1. The van der Waals surface area contributed by atoms with E-state index in [0.29, 0.717) is 39.6 Å². The van der Waals surface area contributed by atoms with Crippen LogP contribution >= 0.6 is 0 Å². The maximum absolute atomic E-state index is 14.6. The van der Waals surface area contributed by atoms with E-state index in [9.17, 15) is 14.6 Å². The van der Waals surface area contributed by atoms with Crippen LogP contribution in [0.4, 0.5) is 15.9 Å². The van der Waals surface area contributed by atoms with Crippen LogP contribution in [0.5, 0.6) is 23.5 Å². The van der Waals surface area contributed by atoms with Gasteiger partial charge in [-0.15, -0.1) is 0 Å². The van der Waals surface area contributed by atoms with Gasteiger partial charge in [0.05, 0.1) is 28.2 Å². The van der Waals surface area contributed by atoms with Crippen LogP contribution in [0.3, 0.4) is 0 Å². The zero-order valence-electron chi connectivity index (χ0n) is 20.2. The van der Waals surface area contributed by atoms with Crippen molar-refractivity contribution in [2.45, 2.75) is 24.9 Å². The van der Waals surface area contributed by atoms with E-state index in [1.54, 1.807) is 13.1 Å². The third-order valence-electron chi connectivity index (χ3n) is 7.78. The molecule has 7 rings (SSSR count). The number of nitrogens with one attached hydrogen (secondary N) is 2. The number of anilines is 2. The van der Waals surface area contributed by atoms with E-state index in [2.05, 4.69) is 25.2 Å². The minimum Gasteiger partial charge on any atom is -0.494 e. The molecule has 4 aromatic heterocycles. The molecule has 37 heavy (non-hydrogen) atoms. The summed E-state index contributed by atoms with van der Waals surface area (Å²) < 4.78 is 21.8. The van der Waals surface area contributed by atoms with Crippen molar-refractivity contribution in [2.24, 2.45) is 18.7 Å². The second-order valence-electron chi connectivity index (χ2n) is 9.88. The van der Waals surface area contributed by atoms with E-state index in [0.717, 1.165) is 30.3 Å². The van der Waals surface area contributed by atoms with Crippen LogP contribution in [-0.4, -0.2) is 60.4 Å². The predicted octanol–water partition coefficient (Wildman–Crippen LogP) is 3.31. The van der Waals surface area contributed by atoms with Gasteiger partial charge in [0.25, 0.3) is 0 Å². The Bertz CT molecular complexity index is 1730. The number of aromatic hydroxyl groups is 2. The number of fused-ring (bicyclic) bond motifs is 6. The summed E-state index contributed by atoms with van der Waals surface area (Å²) in [6, 6.07) is 4.97. The fourth-order valence-corrected chi connectivity index (χ4v) is 5.92. The quantitative estimate of drug-likeness (QED) is 0.248.